The molecule has 1 aromatic heterocycles. The Kier molecular flexibility index (Phi) is 3.64. The van der Waals surface area contributed by atoms with E-state index in [4.69, 9.17) is 5.73 Å². The monoisotopic (exact) mass is 228 g/mol. The van der Waals surface area contributed by atoms with Crippen LogP contribution in [0.4, 0.5) is 16.4 Å². The van der Waals surface area contributed by atoms with Crippen molar-refractivity contribution in [2.45, 2.75) is 0 Å². The van der Waals surface area contributed by atoms with Crippen molar-refractivity contribution in [1.82, 2.24) is 14.9 Å². The summed E-state index contributed by atoms with van der Waals surface area (Å²) in [5.41, 5.74) is 4.86. The van der Waals surface area contributed by atoms with E-state index in [1.165, 1.54) is 10.9 Å². The first kappa shape index (κ1) is 11.8. The summed E-state index contributed by atoms with van der Waals surface area (Å²) in [5, 5.41) is 15.7. The molecule has 1 aromatic rings. The van der Waals surface area contributed by atoms with Crippen LogP contribution in [0.5, 0.6) is 0 Å². The molecule has 2 amide bonds. The molecule has 0 radical (unpaired) electrons. The van der Waals surface area contributed by atoms with E-state index in [9.17, 15) is 14.9 Å². The third kappa shape index (κ3) is 2.83. The van der Waals surface area contributed by atoms with Gasteiger partial charge in [-0.2, -0.15) is 0 Å². The lowest BCUT2D eigenvalue weighted by Crippen LogP contribution is -2.33. The SMILES string of the molecule is Cn1cnc([N+](=O)[O-])c1NCCNC(N)=O. The third-order valence-corrected chi connectivity index (χ3v) is 1.81. The lowest BCUT2D eigenvalue weighted by molar-refractivity contribution is -0.388. The minimum absolute atomic E-state index is 0.249. The highest BCUT2D eigenvalue weighted by molar-refractivity contribution is 5.71. The molecule has 0 aliphatic heterocycles. The van der Waals surface area contributed by atoms with Gasteiger partial charge in [0, 0.05) is 20.1 Å². The van der Waals surface area contributed by atoms with Crippen LogP contribution in [0.3, 0.4) is 0 Å². The zero-order valence-corrected chi connectivity index (χ0v) is 8.64. The van der Waals surface area contributed by atoms with Gasteiger partial charge in [0.1, 0.15) is 0 Å². The Balaban J connectivity index is 2.56. The Hall–Kier alpha value is -2.32. The van der Waals surface area contributed by atoms with E-state index in [0.29, 0.717) is 6.54 Å². The van der Waals surface area contributed by atoms with Crippen molar-refractivity contribution in [3.8, 4) is 0 Å². The van der Waals surface area contributed by atoms with Crippen molar-refractivity contribution in [2.24, 2.45) is 12.8 Å². The van der Waals surface area contributed by atoms with Crippen molar-refractivity contribution >= 4 is 17.7 Å². The molecule has 0 aliphatic rings. The maximum Gasteiger partial charge on any atom is 0.406 e. The van der Waals surface area contributed by atoms with Gasteiger partial charge in [-0.05, 0) is 9.91 Å². The first-order valence-corrected chi connectivity index (χ1v) is 4.45. The second kappa shape index (κ2) is 4.96. The maximum atomic E-state index is 10.6. The average Bonchev–Trinajstić information content (AvgIpc) is 2.54. The Morgan fingerprint density at radius 1 is 1.69 bits per heavy atom. The summed E-state index contributed by atoms with van der Waals surface area (Å²) < 4.78 is 1.49. The molecule has 0 aromatic carbocycles. The zero-order chi connectivity index (χ0) is 12.1. The highest BCUT2D eigenvalue weighted by atomic mass is 16.6. The molecule has 0 saturated heterocycles. The maximum absolute atomic E-state index is 10.6. The van der Waals surface area contributed by atoms with Crippen molar-refractivity contribution < 1.29 is 9.72 Å². The van der Waals surface area contributed by atoms with Crippen LogP contribution in [0, 0.1) is 10.1 Å². The summed E-state index contributed by atoms with van der Waals surface area (Å²) in [6.45, 7) is 0.598. The highest BCUT2D eigenvalue weighted by Gasteiger charge is 2.19. The lowest BCUT2D eigenvalue weighted by Gasteiger charge is -2.06. The molecular formula is C7H12N6O3. The molecule has 88 valence electrons. The predicted molar refractivity (Wildman–Crippen MR) is 55.9 cm³/mol. The largest absolute Gasteiger partial charge is 0.406 e. The normalized spacial score (nSPS) is 9.81. The van der Waals surface area contributed by atoms with Crippen LogP contribution >= 0.6 is 0 Å². The number of carbonyl (C=O) groups excluding carboxylic acids is 1. The molecule has 9 heteroatoms. The van der Waals surface area contributed by atoms with E-state index >= 15 is 0 Å². The van der Waals surface area contributed by atoms with Crippen molar-refractivity contribution in [2.75, 3.05) is 18.4 Å². The number of urea groups is 1. The van der Waals surface area contributed by atoms with Gasteiger partial charge in [-0.15, -0.1) is 0 Å². The van der Waals surface area contributed by atoms with Crippen LogP contribution < -0.4 is 16.4 Å². The number of rotatable bonds is 5. The number of amides is 2. The van der Waals surface area contributed by atoms with E-state index in [-0.39, 0.29) is 18.2 Å². The fourth-order valence-corrected chi connectivity index (χ4v) is 1.12. The van der Waals surface area contributed by atoms with E-state index in [0.717, 1.165) is 0 Å². The molecule has 1 heterocycles. The van der Waals surface area contributed by atoms with Crippen LogP contribution in [-0.2, 0) is 7.05 Å². The van der Waals surface area contributed by atoms with Gasteiger partial charge in [0.25, 0.3) is 0 Å². The minimum atomic E-state index is -0.638. The smallest absolute Gasteiger partial charge is 0.363 e. The van der Waals surface area contributed by atoms with Crippen LogP contribution in [0.1, 0.15) is 0 Å². The molecule has 0 saturated carbocycles. The Morgan fingerprint density at radius 3 is 2.94 bits per heavy atom. The summed E-state index contributed by atoms with van der Waals surface area (Å²) in [6, 6.07) is -0.638. The Labute approximate surface area is 90.8 Å². The number of nitrogens with zero attached hydrogens (tertiary/aromatic N) is 3. The lowest BCUT2D eigenvalue weighted by atomic mass is 10.5. The Bertz CT molecular complexity index is 401. The molecule has 0 spiro atoms. The van der Waals surface area contributed by atoms with E-state index in [2.05, 4.69) is 15.6 Å². The fraction of sp³-hybridized carbons (Fsp3) is 0.429. The molecule has 4 N–H and O–H groups in total. The zero-order valence-electron chi connectivity index (χ0n) is 8.64. The summed E-state index contributed by atoms with van der Waals surface area (Å²) in [6.07, 6.45) is 1.34. The van der Waals surface area contributed by atoms with Gasteiger partial charge in [-0.3, -0.25) is 4.57 Å². The van der Waals surface area contributed by atoms with Crippen LogP contribution in [0.15, 0.2) is 6.33 Å². The molecule has 0 atom stereocenters. The van der Waals surface area contributed by atoms with Gasteiger partial charge in [0.2, 0.25) is 12.1 Å². The van der Waals surface area contributed by atoms with Gasteiger partial charge in [-0.25, -0.2) is 4.79 Å². The van der Waals surface area contributed by atoms with Crippen LogP contribution in [-0.4, -0.2) is 33.6 Å². The number of nitrogens with two attached hydrogens (primary N) is 1. The van der Waals surface area contributed by atoms with Crippen molar-refractivity contribution in [3.05, 3.63) is 16.4 Å². The second-order valence-electron chi connectivity index (χ2n) is 3.00. The number of hydrogen-bond donors (Lipinski definition) is 3. The third-order valence-electron chi connectivity index (χ3n) is 1.81. The molecule has 0 bridgehead atoms. The van der Waals surface area contributed by atoms with Crippen LogP contribution in [0.25, 0.3) is 0 Å². The Morgan fingerprint density at radius 2 is 2.38 bits per heavy atom. The summed E-state index contributed by atoms with van der Waals surface area (Å²) >= 11 is 0. The number of aryl methyl sites for hydroxylation is 1. The van der Waals surface area contributed by atoms with E-state index in [1.807, 2.05) is 0 Å². The van der Waals surface area contributed by atoms with E-state index < -0.39 is 11.0 Å². The average molecular weight is 228 g/mol. The minimum Gasteiger partial charge on any atom is -0.363 e. The van der Waals surface area contributed by atoms with Gasteiger partial charge in [0.05, 0.1) is 0 Å². The molecule has 0 unspecified atom stereocenters. The first-order chi connectivity index (χ1) is 7.52. The summed E-state index contributed by atoms with van der Waals surface area (Å²) in [7, 11) is 1.63. The number of imidazole rings is 1. The number of hydrogen-bond acceptors (Lipinski definition) is 5. The number of carbonyl (C=O) groups is 1. The summed E-state index contributed by atoms with van der Waals surface area (Å²) in [4.78, 5) is 24.0. The van der Waals surface area contributed by atoms with Crippen molar-refractivity contribution in [1.29, 1.82) is 0 Å². The van der Waals surface area contributed by atoms with Crippen LogP contribution in [0.2, 0.25) is 0 Å². The number of nitro groups is 1. The molecule has 0 aliphatic carbocycles. The number of nitrogens with one attached hydrogen (secondary N) is 2. The second-order valence-corrected chi connectivity index (χ2v) is 3.00. The van der Waals surface area contributed by atoms with Gasteiger partial charge >= 0.3 is 11.8 Å². The molecular weight excluding hydrogens is 216 g/mol. The van der Waals surface area contributed by atoms with Gasteiger partial charge in [-0.1, -0.05) is 0 Å². The fourth-order valence-electron chi connectivity index (χ4n) is 1.12. The van der Waals surface area contributed by atoms with E-state index in [1.54, 1.807) is 7.05 Å². The van der Waals surface area contributed by atoms with Crippen molar-refractivity contribution in [3.63, 3.8) is 0 Å². The topological polar surface area (TPSA) is 128 Å². The van der Waals surface area contributed by atoms with Gasteiger partial charge in [0.15, 0.2) is 0 Å². The number of anilines is 1. The number of aromatic nitrogens is 2. The summed E-state index contributed by atoms with van der Waals surface area (Å²) in [5.74, 6) is 0.0397. The molecule has 1 rings (SSSR count). The standard InChI is InChI=1S/C7H12N6O3/c1-12-4-11-6(13(15)16)5(12)9-2-3-10-7(8)14/h4,9H,2-3H2,1H3,(H3,8,10,14). The predicted octanol–water partition coefficient (Wildman–Crippen LogP) is -0.592. The molecule has 0 fully saturated rings. The quantitative estimate of drug-likeness (QED) is 0.352. The first-order valence-electron chi connectivity index (χ1n) is 4.45. The molecule has 16 heavy (non-hydrogen) atoms. The van der Waals surface area contributed by atoms with Gasteiger partial charge < -0.3 is 26.5 Å². The number of primary amides is 1. The molecule has 9 nitrogen and oxygen atoms in total. The highest BCUT2D eigenvalue weighted by Crippen LogP contribution is 2.20.